The topological polar surface area (TPSA) is 12.0 Å². The van der Waals surface area contributed by atoms with Crippen LogP contribution < -0.4 is 15.8 Å². The van der Waals surface area contributed by atoms with E-state index in [1.807, 2.05) is 0 Å². The van der Waals surface area contributed by atoms with Crippen molar-refractivity contribution < 1.29 is 0 Å². The first kappa shape index (κ1) is 42.8. The summed E-state index contributed by atoms with van der Waals surface area (Å²) in [6, 6.07) is 17.2. The lowest BCUT2D eigenvalue weighted by atomic mass is 9.68. The minimum atomic E-state index is -0.174. The molecule has 3 heteroatoms. The molecule has 1 fully saturated rings. The van der Waals surface area contributed by atoms with E-state index in [4.69, 9.17) is 12.6 Å². The van der Waals surface area contributed by atoms with Gasteiger partial charge in [0.05, 0.1) is 0 Å². The van der Waals surface area contributed by atoms with Crippen LogP contribution in [-0.4, -0.2) is 6.54 Å². The highest BCUT2D eigenvalue weighted by Gasteiger charge is 2.37. The summed E-state index contributed by atoms with van der Waals surface area (Å²) in [6.07, 6.45) is 28.8. The van der Waals surface area contributed by atoms with Crippen molar-refractivity contribution in [3.05, 3.63) is 109 Å². The van der Waals surface area contributed by atoms with Crippen molar-refractivity contribution in [2.45, 2.75) is 167 Å². The number of allylic oxidation sites excluding steroid dienone is 4. The van der Waals surface area contributed by atoms with Gasteiger partial charge < -0.3 is 5.32 Å². The zero-order valence-corrected chi connectivity index (χ0v) is 38.2. The van der Waals surface area contributed by atoms with Crippen molar-refractivity contribution in [3.8, 4) is 0 Å². The van der Waals surface area contributed by atoms with E-state index in [0.29, 0.717) is 11.8 Å². The number of thiol groups is 1. The van der Waals surface area contributed by atoms with E-state index in [-0.39, 0.29) is 22.2 Å². The molecule has 0 saturated heterocycles. The Morgan fingerprint density at radius 2 is 1.77 bits per heavy atom. The van der Waals surface area contributed by atoms with E-state index < -0.39 is 0 Å². The van der Waals surface area contributed by atoms with Gasteiger partial charge in [0.2, 0.25) is 0 Å². The number of benzene rings is 2. The molecule has 0 amide bonds. The Balaban J connectivity index is 1.50. The summed E-state index contributed by atoms with van der Waals surface area (Å²) >= 11 is 6.63. The van der Waals surface area contributed by atoms with Crippen LogP contribution in [-0.2, 0) is 10.8 Å². The lowest BCUT2D eigenvalue weighted by Crippen LogP contribution is -2.40. The molecule has 4 unspecified atom stereocenters. The molecular formula is C53H73NS2. The second kappa shape index (κ2) is 18.4. The van der Waals surface area contributed by atoms with Gasteiger partial charge in [-0.2, -0.15) is 0 Å². The van der Waals surface area contributed by atoms with E-state index in [9.17, 15) is 0 Å². The van der Waals surface area contributed by atoms with Crippen LogP contribution in [0.15, 0.2) is 76.5 Å². The molecule has 0 bridgehead atoms. The number of nitrogens with one attached hydrogen (secondary N) is 1. The van der Waals surface area contributed by atoms with Crippen LogP contribution in [0.25, 0.3) is 23.4 Å². The number of hydrogen-bond acceptors (Lipinski definition) is 3. The highest BCUT2D eigenvalue weighted by molar-refractivity contribution is 7.80. The van der Waals surface area contributed by atoms with Crippen molar-refractivity contribution in [3.63, 3.8) is 0 Å². The van der Waals surface area contributed by atoms with Crippen LogP contribution in [0.5, 0.6) is 0 Å². The van der Waals surface area contributed by atoms with E-state index in [0.717, 1.165) is 17.9 Å². The Morgan fingerprint density at radius 1 is 1.00 bits per heavy atom. The Bertz CT molecular complexity index is 2030. The van der Waals surface area contributed by atoms with Crippen LogP contribution in [0.1, 0.15) is 179 Å². The summed E-state index contributed by atoms with van der Waals surface area (Å²) in [5.41, 5.74) is 10.3. The molecule has 1 saturated carbocycles. The fourth-order valence-corrected chi connectivity index (χ4v) is 11.4. The number of unbranched alkanes of at least 4 members (excludes halogenated alkanes) is 2. The minimum Gasteiger partial charge on any atom is -0.386 e. The Morgan fingerprint density at radius 3 is 2.46 bits per heavy atom. The molecular weight excluding hydrogens is 715 g/mol. The lowest BCUT2D eigenvalue weighted by molar-refractivity contribution is 0.319. The van der Waals surface area contributed by atoms with E-state index >= 15 is 0 Å². The van der Waals surface area contributed by atoms with Crippen molar-refractivity contribution in [1.82, 2.24) is 5.32 Å². The molecule has 2 heterocycles. The van der Waals surface area contributed by atoms with Gasteiger partial charge in [-0.1, -0.05) is 167 Å². The summed E-state index contributed by atoms with van der Waals surface area (Å²) in [7, 11) is 0. The van der Waals surface area contributed by atoms with Crippen molar-refractivity contribution in [2.75, 3.05) is 6.54 Å². The Kier molecular flexibility index (Phi) is 14.1. The standard InChI is InChI=1S/C53H73NS2/c1-10-13-19-39-20-18-21-40(32-39)43-33-42-23-25-45(53(9)28-16-15-17-29-53)35-47(42)50(54-36-43)51(6,7)38(5)46-34-44(52(8,12-3)27-14-11-2)24-22-41(46)31-37(4)49-48(55)26-30-56-49/h18,20-26,30-31,33-35,38-39,43,54-55H,10-17,19,27-29,32,36H2,1-9H3/b37-31+. The zero-order valence-electron chi connectivity index (χ0n) is 36.5. The molecule has 2 aromatic carbocycles. The number of rotatable bonds is 15. The van der Waals surface area contributed by atoms with Gasteiger partial charge in [-0.15, -0.1) is 24.0 Å². The van der Waals surface area contributed by atoms with Gasteiger partial charge >= 0.3 is 0 Å². The van der Waals surface area contributed by atoms with Gasteiger partial charge in [-0.05, 0) is 119 Å². The van der Waals surface area contributed by atoms with Gasteiger partial charge in [-0.25, -0.2) is 0 Å². The molecule has 2 aliphatic carbocycles. The van der Waals surface area contributed by atoms with E-state index in [2.05, 4.69) is 146 Å². The molecule has 4 atom stereocenters. The second-order valence-electron chi connectivity index (χ2n) is 19.0. The first-order valence-electron chi connectivity index (χ1n) is 22.4. The zero-order chi connectivity index (χ0) is 40.1. The highest BCUT2D eigenvalue weighted by atomic mass is 32.1. The fourth-order valence-electron chi connectivity index (χ4n) is 10.1. The van der Waals surface area contributed by atoms with Gasteiger partial charge in [0.1, 0.15) is 0 Å². The molecule has 6 rings (SSSR count). The third-order valence-corrected chi connectivity index (χ3v) is 16.2. The molecule has 1 aliphatic heterocycles. The quantitative estimate of drug-likeness (QED) is 0.146. The molecule has 3 aromatic rings. The number of hydrogen-bond donors (Lipinski definition) is 2. The highest BCUT2D eigenvalue weighted by Crippen LogP contribution is 2.46. The van der Waals surface area contributed by atoms with Gasteiger partial charge in [0.15, 0.2) is 0 Å². The average molecular weight is 788 g/mol. The van der Waals surface area contributed by atoms with Crippen LogP contribution in [0, 0.1) is 17.3 Å². The maximum absolute atomic E-state index is 4.84. The predicted octanol–water partition coefficient (Wildman–Crippen LogP) is 14.3. The Labute approximate surface area is 351 Å². The molecule has 0 spiro atoms. The summed E-state index contributed by atoms with van der Waals surface area (Å²) < 4.78 is 0. The number of thiophene rings is 1. The van der Waals surface area contributed by atoms with Crippen molar-refractivity contribution in [1.29, 1.82) is 0 Å². The van der Waals surface area contributed by atoms with E-state index in [1.54, 1.807) is 16.9 Å². The lowest BCUT2D eigenvalue weighted by Gasteiger charge is -2.38. The van der Waals surface area contributed by atoms with Crippen LogP contribution in [0.3, 0.4) is 0 Å². The normalized spacial score (nSPS) is 21.6. The third-order valence-electron chi connectivity index (χ3n) is 14.7. The molecule has 1 aromatic heterocycles. The average Bonchev–Trinajstić information content (AvgIpc) is 3.54. The molecule has 56 heavy (non-hydrogen) atoms. The number of fused-ring (bicyclic) bond motifs is 1. The smallest absolute Gasteiger partial charge is 0.0433 e. The van der Waals surface area contributed by atoms with Crippen LogP contribution in [0.2, 0.25) is 0 Å². The van der Waals surface area contributed by atoms with Crippen molar-refractivity contribution in [2.24, 2.45) is 17.3 Å². The first-order chi connectivity index (χ1) is 26.8. The molecule has 302 valence electrons. The summed E-state index contributed by atoms with van der Waals surface area (Å²) in [5, 5.41) is 9.24. The summed E-state index contributed by atoms with van der Waals surface area (Å²) in [4.78, 5) is 2.33. The molecule has 0 radical (unpaired) electrons. The predicted molar refractivity (Wildman–Crippen MR) is 251 cm³/mol. The van der Waals surface area contributed by atoms with Gasteiger partial charge in [-0.3, -0.25) is 0 Å². The maximum atomic E-state index is 4.84. The van der Waals surface area contributed by atoms with Crippen LogP contribution in [0.4, 0.5) is 0 Å². The van der Waals surface area contributed by atoms with Gasteiger partial charge in [0.25, 0.3) is 0 Å². The largest absolute Gasteiger partial charge is 0.386 e. The summed E-state index contributed by atoms with van der Waals surface area (Å²) in [6.45, 7) is 22.8. The van der Waals surface area contributed by atoms with Crippen molar-refractivity contribution >= 4 is 47.4 Å². The monoisotopic (exact) mass is 788 g/mol. The minimum absolute atomic E-state index is 0.155. The third kappa shape index (κ3) is 9.25. The summed E-state index contributed by atoms with van der Waals surface area (Å²) in [5.74, 6) is 1.28. The SMILES string of the molecule is CCCCC1C=CC=C(C2C=c3ccc(C4(C)CCCCC4)cc3=C(C(C)(C)C(C)c3cc(C(C)(CC)CCCC)ccc3/C=C(\C)c3sccc3S)NC2)C1. The first-order valence-corrected chi connectivity index (χ1v) is 23.7. The molecule has 1 nitrogen and oxygen atoms in total. The molecule has 3 aliphatic rings. The fraction of sp³-hybridized carbons (Fsp3) is 0.547. The second-order valence-corrected chi connectivity index (χ2v) is 20.4. The maximum Gasteiger partial charge on any atom is 0.0433 e. The van der Waals surface area contributed by atoms with E-state index in [1.165, 1.54) is 126 Å². The van der Waals surface area contributed by atoms with Gasteiger partial charge in [0, 0.05) is 38.6 Å². The van der Waals surface area contributed by atoms with Crippen LogP contribution >= 0.6 is 24.0 Å². The molecule has 1 N–H and O–H groups in total. The Hall–Kier alpha value is -2.75.